The first-order chi connectivity index (χ1) is 13.7. The maximum Gasteiger partial charge on any atom is 0.191 e. The van der Waals surface area contributed by atoms with Crippen molar-refractivity contribution in [3.8, 4) is 0 Å². The zero-order valence-corrected chi connectivity index (χ0v) is 20.9. The molecule has 1 saturated heterocycles. The van der Waals surface area contributed by atoms with Crippen LogP contribution in [0.25, 0.3) is 0 Å². The van der Waals surface area contributed by atoms with Gasteiger partial charge in [0, 0.05) is 26.7 Å². The minimum Gasteiger partial charge on any atom is -0.376 e. The van der Waals surface area contributed by atoms with E-state index in [-0.39, 0.29) is 24.0 Å². The van der Waals surface area contributed by atoms with Crippen LogP contribution in [0.4, 0.5) is 0 Å². The van der Waals surface area contributed by atoms with E-state index < -0.39 is 0 Å². The van der Waals surface area contributed by atoms with Gasteiger partial charge in [0.1, 0.15) is 12.4 Å². The molecule has 0 radical (unpaired) electrons. The van der Waals surface area contributed by atoms with Gasteiger partial charge in [0.05, 0.1) is 6.10 Å². The first kappa shape index (κ1) is 26.1. The molecule has 1 aromatic rings. The van der Waals surface area contributed by atoms with Crippen LogP contribution in [-0.4, -0.2) is 46.5 Å². The third kappa shape index (κ3) is 10.6. The maximum atomic E-state index is 5.71. The van der Waals surface area contributed by atoms with Crippen LogP contribution in [0.15, 0.2) is 4.99 Å². The van der Waals surface area contributed by atoms with Crippen LogP contribution in [0.5, 0.6) is 0 Å². The summed E-state index contributed by atoms with van der Waals surface area (Å²) in [5, 5.41) is 15.2. The zero-order chi connectivity index (χ0) is 20.0. The van der Waals surface area contributed by atoms with E-state index in [0.717, 1.165) is 50.1 Å². The minimum absolute atomic E-state index is 0. The van der Waals surface area contributed by atoms with E-state index in [1.54, 1.807) is 0 Å². The predicted molar refractivity (Wildman–Crippen MR) is 130 cm³/mol. The van der Waals surface area contributed by atoms with Gasteiger partial charge in [-0.15, -0.1) is 34.2 Å². The Morgan fingerprint density at radius 2 is 1.83 bits per heavy atom. The Labute approximate surface area is 193 Å². The molecule has 0 aromatic carbocycles. The highest BCUT2D eigenvalue weighted by atomic mass is 127. The average Bonchev–Trinajstić information content (AvgIpc) is 3.33. The quantitative estimate of drug-likeness (QED) is 0.177. The Kier molecular flexibility index (Phi) is 14.3. The Hall–Kier alpha value is -0.900. The van der Waals surface area contributed by atoms with Gasteiger partial charge in [-0.3, -0.25) is 0 Å². The third-order valence-electron chi connectivity index (χ3n) is 5.41. The molecule has 1 unspecified atom stereocenters. The molecule has 0 aliphatic carbocycles. The van der Waals surface area contributed by atoms with Crippen LogP contribution in [0.1, 0.15) is 82.8 Å². The van der Waals surface area contributed by atoms with Crippen molar-refractivity contribution in [3.05, 3.63) is 11.6 Å². The molecule has 168 valence electrons. The van der Waals surface area contributed by atoms with E-state index in [4.69, 9.17) is 9.73 Å². The van der Waals surface area contributed by atoms with Gasteiger partial charge in [0.15, 0.2) is 11.8 Å². The normalized spacial score (nSPS) is 16.7. The number of halogens is 1. The van der Waals surface area contributed by atoms with Gasteiger partial charge in [-0.05, 0) is 26.2 Å². The molecule has 29 heavy (non-hydrogen) atoms. The zero-order valence-electron chi connectivity index (χ0n) is 18.6. The van der Waals surface area contributed by atoms with E-state index in [9.17, 15) is 0 Å². The van der Waals surface area contributed by atoms with Crippen molar-refractivity contribution in [2.24, 2.45) is 12.0 Å². The molecule has 0 amide bonds. The van der Waals surface area contributed by atoms with Crippen molar-refractivity contribution >= 4 is 29.9 Å². The monoisotopic (exact) mass is 520 g/mol. The van der Waals surface area contributed by atoms with Crippen LogP contribution in [0.2, 0.25) is 0 Å². The Bertz CT molecular complexity index is 572. The van der Waals surface area contributed by atoms with Gasteiger partial charge in [-0.2, -0.15) is 0 Å². The lowest BCUT2D eigenvalue weighted by atomic mass is 10.1. The van der Waals surface area contributed by atoms with Gasteiger partial charge in [0.2, 0.25) is 0 Å². The number of unbranched alkanes of at least 4 members (excludes halogenated alkanes) is 7. The van der Waals surface area contributed by atoms with Crippen LogP contribution in [0.3, 0.4) is 0 Å². The molecule has 0 spiro atoms. The fraction of sp³-hybridized carbons (Fsp3) is 0.857. The molecule has 1 aliphatic heterocycles. The van der Waals surface area contributed by atoms with E-state index in [1.807, 2.05) is 18.5 Å². The number of rotatable bonds is 13. The SMILES string of the molecule is CCCCCCCCCCNC(=NCc1nnc(C)n1C)NCC1CCCO1.I. The lowest BCUT2D eigenvalue weighted by Crippen LogP contribution is -2.41. The van der Waals surface area contributed by atoms with E-state index in [0.29, 0.717) is 12.6 Å². The molecule has 7 nitrogen and oxygen atoms in total. The van der Waals surface area contributed by atoms with Crippen LogP contribution in [-0.2, 0) is 18.3 Å². The summed E-state index contributed by atoms with van der Waals surface area (Å²) in [7, 11) is 1.98. The molecule has 2 rings (SSSR count). The highest BCUT2D eigenvalue weighted by Gasteiger charge is 2.15. The number of nitrogens with one attached hydrogen (secondary N) is 2. The lowest BCUT2D eigenvalue weighted by Gasteiger charge is -2.15. The van der Waals surface area contributed by atoms with Crippen LogP contribution in [0, 0.1) is 6.92 Å². The standard InChI is InChI=1S/C21H40N6O.HI/c1-4-5-6-7-8-9-10-11-14-22-21(23-16-19-13-12-15-28-19)24-17-20-26-25-18(2)27(20)3;/h19H,4-17H2,1-3H3,(H2,22,23,24);1H. The largest absolute Gasteiger partial charge is 0.376 e. The van der Waals surface area contributed by atoms with E-state index in [2.05, 4.69) is 27.8 Å². The summed E-state index contributed by atoms with van der Waals surface area (Å²) < 4.78 is 7.70. The molecule has 1 aromatic heterocycles. The summed E-state index contributed by atoms with van der Waals surface area (Å²) in [5.74, 6) is 2.63. The number of aliphatic imine (C=N–C) groups is 1. The van der Waals surface area contributed by atoms with Gasteiger partial charge in [-0.25, -0.2) is 4.99 Å². The van der Waals surface area contributed by atoms with Crippen molar-refractivity contribution in [1.82, 2.24) is 25.4 Å². The van der Waals surface area contributed by atoms with E-state index in [1.165, 1.54) is 51.4 Å². The third-order valence-corrected chi connectivity index (χ3v) is 5.41. The van der Waals surface area contributed by atoms with Gasteiger partial charge in [-0.1, -0.05) is 51.9 Å². The maximum absolute atomic E-state index is 5.71. The number of ether oxygens (including phenoxy) is 1. The summed E-state index contributed by atoms with van der Waals surface area (Å²) in [6, 6.07) is 0. The van der Waals surface area contributed by atoms with Gasteiger partial charge < -0.3 is 19.9 Å². The highest BCUT2D eigenvalue weighted by Crippen LogP contribution is 2.10. The second-order valence-corrected chi connectivity index (χ2v) is 7.80. The Morgan fingerprint density at radius 1 is 1.10 bits per heavy atom. The number of nitrogens with zero attached hydrogens (tertiary/aromatic N) is 4. The van der Waals surface area contributed by atoms with Gasteiger partial charge >= 0.3 is 0 Å². The predicted octanol–water partition coefficient (Wildman–Crippen LogP) is 4.10. The molecule has 0 saturated carbocycles. The average molecular weight is 521 g/mol. The summed E-state index contributed by atoms with van der Waals surface area (Å²) in [4.78, 5) is 4.71. The number of hydrogen-bond donors (Lipinski definition) is 2. The second-order valence-electron chi connectivity index (χ2n) is 7.80. The molecule has 2 heterocycles. The molecule has 0 bridgehead atoms. The number of aryl methyl sites for hydroxylation is 1. The summed E-state index contributed by atoms with van der Waals surface area (Å²) in [5.41, 5.74) is 0. The minimum atomic E-state index is 0. The number of guanidine groups is 1. The summed E-state index contributed by atoms with van der Waals surface area (Å²) in [6.45, 7) is 7.38. The molecule has 8 heteroatoms. The lowest BCUT2D eigenvalue weighted by molar-refractivity contribution is 0.114. The van der Waals surface area contributed by atoms with Crippen molar-refractivity contribution in [3.63, 3.8) is 0 Å². The Balaban J connectivity index is 0.00000420. The molecule has 1 aliphatic rings. The van der Waals surface area contributed by atoms with Gasteiger partial charge in [0.25, 0.3) is 0 Å². The second kappa shape index (κ2) is 15.9. The fourth-order valence-corrected chi connectivity index (χ4v) is 3.39. The fourth-order valence-electron chi connectivity index (χ4n) is 3.39. The molecule has 1 atom stereocenters. The van der Waals surface area contributed by atoms with Crippen molar-refractivity contribution in [2.75, 3.05) is 19.7 Å². The topological polar surface area (TPSA) is 76.4 Å². The van der Waals surface area contributed by atoms with Crippen LogP contribution >= 0.6 is 24.0 Å². The molecular formula is C21H41IN6O. The molecular weight excluding hydrogens is 479 g/mol. The first-order valence-corrected chi connectivity index (χ1v) is 11.2. The van der Waals surface area contributed by atoms with Crippen molar-refractivity contribution in [1.29, 1.82) is 0 Å². The molecule has 2 N–H and O–H groups in total. The molecule has 1 fully saturated rings. The number of aromatic nitrogens is 3. The summed E-state index contributed by atoms with van der Waals surface area (Å²) >= 11 is 0. The Morgan fingerprint density at radius 3 is 2.45 bits per heavy atom. The van der Waals surface area contributed by atoms with E-state index >= 15 is 0 Å². The smallest absolute Gasteiger partial charge is 0.191 e. The number of hydrogen-bond acceptors (Lipinski definition) is 4. The van der Waals surface area contributed by atoms with Crippen LogP contribution < -0.4 is 10.6 Å². The first-order valence-electron chi connectivity index (χ1n) is 11.2. The highest BCUT2D eigenvalue weighted by molar-refractivity contribution is 14.0. The summed E-state index contributed by atoms with van der Waals surface area (Å²) in [6.07, 6.45) is 13.2. The van der Waals surface area contributed by atoms with Crippen molar-refractivity contribution in [2.45, 2.75) is 90.7 Å². The van der Waals surface area contributed by atoms with Crippen molar-refractivity contribution < 1.29 is 4.74 Å².